The summed E-state index contributed by atoms with van der Waals surface area (Å²) in [6, 6.07) is 0.122. The Labute approximate surface area is 77.2 Å². The Morgan fingerprint density at radius 3 is 2.77 bits per heavy atom. The number of likely N-dealkylation sites (N-methyl/N-ethyl adjacent to an activating group) is 1. The van der Waals surface area contributed by atoms with Gasteiger partial charge >= 0.3 is 0 Å². The second kappa shape index (κ2) is 4.67. The van der Waals surface area contributed by atoms with Gasteiger partial charge in [0.05, 0.1) is 6.61 Å². The molecule has 0 aromatic rings. The molecule has 0 N–H and O–H groups in total. The van der Waals surface area contributed by atoms with Crippen molar-refractivity contribution in [1.29, 1.82) is 0 Å². The van der Waals surface area contributed by atoms with Crippen molar-refractivity contribution in [3.63, 3.8) is 0 Å². The van der Waals surface area contributed by atoms with Crippen LogP contribution in [-0.2, 0) is 4.74 Å². The van der Waals surface area contributed by atoms with Gasteiger partial charge in [-0.2, -0.15) is 8.78 Å². The van der Waals surface area contributed by atoms with E-state index in [9.17, 15) is 8.78 Å². The Hall–Kier alpha value is -0.480. The first-order valence-corrected chi connectivity index (χ1v) is 4.46. The van der Waals surface area contributed by atoms with E-state index in [0.717, 1.165) is 0 Å². The minimum absolute atomic E-state index is 0.122. The summed E-state index contributed by atoms with van der Waals surface area (Å²) in [7, 11) is 1.85. The van der Waals surface area contributed by atoms with Gasteiger partial charge in [-0.25, -0.2) is 0 Å². The van der Waals surface area contributed by atoms with Crippen molar-refractivity contribution in [2.45, 2.75) is 19.4 Å². The van der Waals surface area contributed by atoms with Gasteiger partial charge in [-0.05, 0) is 20.4 Å². The molecule has 0 amide bonds. The molecule has 4 heteroatoms. The third-order valence-corrected chi connectivity index (χ3v) is 2.33. The van der Waals surface area contributed by atoms with Crippen LogP contribution in [0.2, 0.25) is 0 Å². The number of hydrogen-bond acceptors (Lipinski definition) is 2. The molecule has 1 saturated heterocycles. The highest BCUT2D eigenvalue weighted by atomic mass is 19.3. The molecule has 0 radical (unpaired) electrons. The molecule has 1 fully saturated rings. The third kappa shape index (κ3) is 2.74. The first-order chi connectivity index (χ1) is 6.15. The highest BCUT2D eigenvalue weighted by Gasteiger charge is 2.27. The molecule has 2 nitrogen and oxygen atoms in total. The molecule has 0 aliphatic carbocycles. The van der Waals surface area contributed by atoms with Gasteiger partial charge in [0.1, 0.15) is 0 Å². The summed E-state index contributed by atoms with van der Waals surface area (Å²) in [5, 5.41) is 0. The van der Waals surface area contributed by atoms with Crippen LogP contribution in [0, 0.1) is 0 Å². The number of halogens is 2. The van der Waals surface area contributed by atoms with E-state index in [4.69, 9.17) is 4.74 Å². The van der Waals surface area contributed by atoms with Crippen LogP contribution in [0.25, 0.3) is 0 Å². The van der Waals surface area contributed by atoms with Crippen molar-refractivity contribution in [1.82, 2.24) is 4.90 Å². The molecule has 1 aliphatic rings. The molecule has 0 aromatic heterocycles. The van der Waals surface area contributed by atoms with Gasteiger partial charge in [0.2, 0.25) is 0 Å². The molecule has 1 atom stereocenters. The number of nitrogens with zero attached hydrogens (tertiary/aromatic N) is 1. The fraction of sp³-hybridized carbons (Fsp3) is 0.778. The average Bonchev–Trinajstić information content (AvgIpc) is 2.44. The third-order valence-electron chi connectivity index (χ3n) is 2.33. The van der Waals surface area contributed by atoms with E-state index in [1.807, 2.05) is 18.9 Å². The molecule has 1 heterocycles. The molecule has 76 valence electrons. The van der Waals surface area contributed by atoms with Crippen LogP contribution < -0.4 is 0 Å². The maximum Gasteiger partial charge on any atom is 0.270 e. The minimum atomic E-state index is -1.52. The van der Waals surface area contributed by atoms with Crippen LogP contribution in [0.5, 0.6) is 0 Å². The lowest BCUT2D eigenvalue weighted by Crippen LogP contribution is -2.29. The van der Waals surface area contributed by atoms with Gasteiger partial charge < -0.3 is 4.74 Å². The van der Waals surface area contributed by atoms with Gasteiger partial charge in [0, 0.05) is 24.8 Å². The van der Waals surface area contributed by atoms with Crippen LogP contribution in [-0.4, -0.2) is 37.7 Å². The Morgan fingerprint density at radius 2 is 2.31 bits per heavy atom. The summed E-state index contributed by atoms with van der Waals surface area (Å²) < 4.78 is 29.6. The molecule has 1 aliphatic heterocycles. The topological polar surface area (TPSA) is 12.5 Å². The normalized spacial score (nSPS) is 24.0. The monoisotopic (exact) mass is 191 g/mol. The van der Waals surface area contributed by atoms with Crippen LogP contribution in [0.3, 0.4) is 0 Å². The van der Waals surface area contributed by atoms with Crippen molar-refractivity contribution < 1.29 is 13.5 Å². The molecule has 0 bridgehead atoms. The molecule has 0 spiro atoms. The van der Waals surface area contributed by atoms with Crippen molar-refractivity contribution >= 4 is 0 Å². The van der Waals surface area contributed by atoms with Crippen molar-refractivity contribution in [3.8, 4) is 0 Å². The number of hydrogen-bond donors (Lipinski definition) is 0. The molecule has 0 saturated carbocycles. The maximum atomic E-state index is 12.2. The lowest BCUT2D eigenvalue weighted by atomic mass is 10.2. The minimum Gasteiger partial charge on any atom is -0.380 e. The highest BCUT2D eigenvalue weighted by molar-refractivity contribution is 5.12. The summed E-state index contributed by atoms with van der Waals surface area (Å²) in [6.07, 6.45) is -1.08. The first-order valence-electron chi connectivity index (χ1n) is 4.46. The maximum absolute atomic E-state index is 12.2. The zero-order valence-electron chi connectivity index (χ0n) is 8.02. The molecular formula is C9H15F2NO. The molecular weight excluding hydrogens is 176 g/mol. The smallest absolute Gasteiger partial charge is 0.270 e. The van der Waals surface area contributed by atoms with Crippen LogP contribution in [0.15, 0.2) is 11.7 Å². The number of rotatable bonds is 3. The van der Waals surface area contributed by atoms with E-state index in [0.29, 0.717) is 26.2 Å². The summed E-state index contributed by atoms with van der Waals surface area (Å²) in [5.41, 5.74) is 0.257. The predicted octanol–water partition coefficient (Wildman–Crippen LogP) is 1.88. The van der Waals surface area contributed by atoms with E-state index in [2.05, 4.69) is 0 Å². The van der Waals surface area contributed by atoms with Crippen LogP contribution >= 0.6 is 0 Å². The standard InChI is InChI=1S/C9H15F2NO/c1-3-13-6-8-4-7(9(10)11)5-12(8)2/h8H,3-6H2,1-2H3. The Morgan fingerprint density at radius 1 is 1.62 bits per heavy atom. The summed E-state index contributed by atoms with van der Waals surface area (Å²) in [4.78, 5) is 1.91. The highest BCUT2D eigenvalue weighted by Crippen LogP contribution is 2.24. The van der Waals surface area contributed by atoms with Gasteiger partial charge in [-0.1, -0.05) is 0 Å². The molecule has 1 unspecified atom stereocenters. The predicted molar refractivity (Wildman–Crippen MR) is 46.8 cm³/mol. The summed E-state index contributed by atoms with van der Waals surface area (Å²) in [5.74, 6) is 0. The Balaban J connectivity index is 2.47. The Kier molecular flexibility index (Phi) is 3.81. The molecule has 13 heavy (non-hydrogen) atoms. The zero-order chi connectivity index (χ0) is 9.84. The largest absolute Gasteiger partial charge is 0.380 e. The summed E-state index contributed by atoms with van der Waals surface area (Å²) in [6.45, 7) is 3.47. The van der Waals surface area contributed by atoms with E-state index in [1.165, 1.54) is 0 Å². The lowest BCUT2D eigenvalue weighted by Gasteiger charge is -2.17. The van der Waals surface area contributed by atoms with Crippen molar-refractivity contribution in [3.05, 3.63) is 11.7 Å². The zero-order valence-corrected chi connectivity index (χ0v) is 8.02. The summed E-state index contributed by atoms with van der Waals surface area (Å²) >= 11 is 0. The molecule has 0 aromatic carbocycles. The van der Waals surface area contributed by atoms with E-state index in [-0.39, 0.29) is 11.6 Å². The van der Waals surface area contributed by atoms with E-state index >= 15 is 0 Å². The van der Waals surface area contributed by atoms with Crippen LogP contribution in [0.1, 0.15) is 13.3 Å². The van der Waals surface area contributed by atoms with Crippen molar-refractivity contribution in [2.75, 3.05) is 26.8 Å². The van der Waals surface area contributed by atoms with Gasteiger partial charge in [-0.3, -0.25) is 4.90 Å². The van der Waals surface area contributed by atoms with Crippen molar-refractivity contribution in [2.24, 2.45) is 0 Å². The van der Waals surface area contributed by atoms with E-state index < -0.39 is 6.08 Å². The number of likely N-dealkylation sites (tertiary alicyclic amines) is 1. The van der Waals surface area contributed by atoms with Gasteiger partial charge in [-0.15, -0.1) is 0 Å². The second-order valence-corrected chi connectivity index (χ2v) is 3.30. The fourth-order valence-electron chi connectivity index (χ4n) is 1.51. The lowest BCUT2D eigenvalue weighted by molar-refractivity contribution is 0.0950. The van der Waals surface area contributed by atoms with Gasteiger partial charge in [0.15, 0.2) is 0 Å². The number of ether oxygens (including phenoxy) is 1. The van der Waals surface area contributed by atoms with E-state index in [1.54, 1.807) is 0 Å². The van der Waals surface area contributed by atoms with Crippen LogP contribution in [0.4, 0.5) is 8.78 Å². The molecule has 1 rings (SSSR count). The second-order valence-electron chi connectivity index (χ2n) is 3.30. The average molecular weight is 191 g/mol. The van der Waals surface area contributed by atoms with Gasteiger partial charge in [0.25, 0.3) is 6.08 Å². The first kappa shape index (κ1) is 10.6. The fourth-order valence-corrected chi connectivity index (χ4v) is 1.51. The quantitative estimate of drug-likeness (QED) is 0.675. The SMILES string of the molecule is CCOCC1CC(=C(F)F)CN1C. The Bertz CT molecular complexity index is 202.